The molecule has 0 spiro atoms. The molecule has 1 aliphatic rings. The summed E-state index contributed by atoms with van der Waals surface area (Å²) in [7, 11) is -1.50. The van der Waals surface area contributed by atoms with Crippen LogP contribution in [0, 0.1) is 0 Å². The number of methoxy groups -OCH3 is 1. The molecule has 1 fully saturated rings. The van der Waals surface area contributed by atoms with Crippen molar-refractivity contribution in [3.8, 4) is 5.75 Å². The number of sulfonamides is 1. The van der Waals surface area contributed by atoms with Gasteiger partial charge in [-0.1, -0.05) is 12.1 Å². The standard InChI is InChI=1S/C20H35N5O3S.HI/c1-4-21-20(22-12-13-24-29(26,27)5-2)23-16-19(25-14-6-7-15-25)17-8-10-18(28-3)11-9-17;/h8-11,19,24H,4-7,12-16H2,1-3H3,(H2,21,22,23);1H. The number of nitrogens with zero attached hydrogens (tertiary/aromatic N) is 2. The summed E-state index contributed by atoms with van der Waals surface area (Å²) in [5.74, 6) is 1.63. The second-order valence-corrected chi connectivity index (χ2v) is 9.07. The highest BCUT2D eigenvalue weighted by atomic mass is 127. The van der Waals surface area contributed by atoms with Crippen LogP contribution in [0.15, 0.2) is 29.3 Å². The summed E-state index contributed by atoms with van der Waals surface area (Å²) >= 11 is 0. The van der Waals surface area contributed by atoms with Crippen LogP contribution in [0.4, 0.5) is 0 Å². The van der Waals surface area contributed by atoms with E-state index < -0.39 is 10.0 Å². The Balaban J connectivity index is 0.00000450. The number of guanidine groups is 1. The molecule has 0 aromatic heterocycles. The highest BCUT2D eigenvalue weighted by Gasteiger charge is 2.23. The largest absolute Gasteiger partial charge is 0.497 e. The summed E-state index contributed by atoms with van der Waals surface area (Å²) in [5.41, 5.74) is 1.23. The van der Waals surface area contributed by atoms with Crippen molar-refractivity contribution in [1.82, 2.24) is 20.3 Å². The van der Waals surface area contributed by atoms with Gasteiger partial charge in [0.05, 0.1) is 25.4 Å². The van der Waals surface area contributed by atoms with E-state index in [9.17, 15) is 8.42 Å². The van der Waals surface area contributed by atoms with E-state index in [0.717, 1.165) is 25.4 Å². The van der Waals surface area contributed by atoms with E-state index in [2.05, 4.69) is 32.4 Å². The molecule has 10 heteroatoms. The summed E-state index contributed by atoms with van der Waals surface area (Å²) < 4.78 is 30.9. The van der Waals surface area contributed by atoms with Crippen molar-refractivity contribution in [1.29, 1.82) is 0 Å². The van der Waals surface area contributed by atoms with Crippen LogP contribution in [0.25, 0.3) is 0 Å². The molecule has 1 aromatic carbocycles. The third-order valence-electron chi connectivity index (χ3n) is 4.97. The average Bonchev–Trinajstić information content (AvgIpc) is 3.26. The Kier molecular flexibility index (Phi) is 12.6. The van der Waals surface area contributed by atoms with Crippen LogP contribution >= 0.6 is 24.0 Å². The number of hydrogen-bond donors (Lipinski definition) is 3. The molecule has 0 aliphatic carbocycles. The van der Waals surface area contributed by atoms with Crippen LogP contribution in [0.2, 0.25) is 0 Å². The number of nitrogens with one attached hydrogen (secondary N) is 3. The van der Waals surface area contributed by atoms with Gasteiger partial charge in [-0.05, 0) is 57.5 Å². The maximum atomic E-state index is 11.5. The first-order valence-electron chi connectivity index (χ1n) is 10.4. The summed E-state index contributed by atoms with van der Waals surface area (Å²) in [6, 6.07) is 8.41. The van der Waals surface area contributed by atoms with Crippen LogP contribution in [0.3, 0.4) is 0 Å². The molecule has 1 unspecified atom stereocenters. The van der Waals surface area contributed by atoms with Crippen molar-refractivity contribution in [3.63, 3.8) is 0 Å². The molecule has 0 bridgehead atoms. The third kappa shape index (κ3) is 8.94. The Morgan fingerprint density at radius 1 is 1.13 bits per heavy atom. The highest BCUT2D eigenvalue weighted by molar-refractivity contribution is 14.0. The fraction of sp³-hybridized carbons (Fsp3) is 0.650. The van der Waals surface area contributed by atoms with Crippen LogP contribution in [-0.4, -0.2) is 71.4 Å². The van der Waals surface area contributed by atoms with Gasteiger partial charge >= 0.3 is 0 Å². The van der Waals surface area contributed by atoms with E-state index in [-0.39, 0.29) is 35.8 Å². The fourth-order valence-electron chi connectivity index (χ4n) is 3.32. The van der Waals surface area contributed by atoms with E-state index in [1.54, 1.807) is 14.0 Å². The lowest BCUT2D eigenvalue weighted by Gasteiger charge is -2.27. The molecule has 8 nitrogen and oxygen atoms in total. The Morgan fingerprint density at radius 2 is 1.80 bits per heavy atom. The van der Waals surface area contributed by atoms with Gasteiger partial charge in [-0.3, -0.25) is 9.89 Å². The van der Waals surface area contributed by atoms with E-state index >= 15 is 0 Å². The molecular weight excluding hydrogens is 517 g/mol. The molecule has 0 radical (unpaired) electrons. The lowest BCUT2D eigenvalue weighted by molar-refractivity contribution is 0.251. The summed E-state index contributed by atoms with van der Waals surface area (Å²) in [6.45, 7) is 7.96. The number of rotatable bonds is 11. The molecule has 3 N–H and O–H groups in total. The minimum absolute atomic E-state index is 0. The second-order valence-electron chi connectivity index (χ2n) is 6.98. The number of likely N-dealkylation sites (tertiary alicyclic amines) is 1. The Hall–Kier alpha value is -1.11. The summed E-state index contributed by atoms with van der Waals surface area (Å²) in [4.78, 5) is 7.25. The predicted octanol–water partition coefficient (Wildman–Crippen LogP) is 1.94. The molecule has 1 atom stereocenters. The highest BCUT2D eigenvalue weighted by Crippen LogP contribution is 2.27. The van der Waals surface area contributed by atoms with E-state index in [1.165, 1.54) is 18.4 Å². The second kappa shape index (κ2) is 14.0. The zero-order valence-corrected chi connectivity index (χ0v) is 21.3. The first kappa shape index (κ1) is 26.9. The lowest BCUT2D eigenvalue weighted by Crippen LogP contribution is -2.42. The molecule has 1 aliphatic heterocycles. The van der Waals surface area contributed by atoms with Crippen molar-refractivity contribution in [2.45, 2.75) is 32.7 Å². The molecule has 2 rings (SSSR count). The molecule has 1 saturated heterocycles. The van der Waals surface area contributed by atoms with E-state index in [1.807, 2.05) is 19.1 Å². The molecule has 1 aromatic rings. The molecule has 30 heavy (non-hydrogen) atoms. The fourth-order valence-corrected chi connectivity index (χ4v) is 3.94. The minimum atomic E-state index is -3.18. The van der Waals surface area contributed by atoms with Gasteiger partial charge in [0.25, 0.3) is 0 Å². The number of benzene rings is 1. The predicted molar refractivity (Wildman–Crippen MR) is 133 cm³/mol. The van der Waals surface area contributed by atoms with Crippen molar-refractivity contribution < 1.29 is 13.2 Å². The smallest absolute Gasteiger partial charge is 0.211 e. The van der Waals surface area contributed by atoms with Crippen LogP contribution in [-0.2, 0) is 10.0 Å². The minimum Gasteiger partial charge on any atom is -0.497 e. The zero-order chi connectivity index (χ0) is 21.1. The van der Waals surface area contributed by atoms with Crippen molar-refractivity contribution in [2.75, 3.05) is 52.1 Å². The first-order chi connectivity index (χ1) is 14.0. The topological polar surface area (TPSA) is 95.1 Å². The van der Waals surface area contributed by atoms with Crippen LogP contribution < -0.4 is 20.1 Å². The third-order valence-corrected chi connectivity index (χ3v) is 6.37. The molecule has 0 amide bonds. The van der Waals surface area contributed by atoms with Gasteiger partial charge < -0.3 is 15.4 Å². The van der Waals surface area contributed by atoms with Gasteiger partial charge in [-0.25, -0.2) is 13.1 Å². The molecule has 1 heterocycles. The van der Waals surface area contributed by atoms with Gasteiger partial charge in [0.1, 0.15) is 5.75 Å². The van der Waals surface area contributed by atoms with Gasteiger partial charge in [0, 0.05) is 19.6 Å². The maximum Gasteiger partial charge on any atom is 0.211 e. The summed E-state index contributed by atoms with van der Waals surface area (Å²) in [6.07, 6.45) is 2.43. The van der Waals surface area contributed by atoms with E-state index in [0.29, 0.717) is 25.6 Å². The molecule has 172 valence electrons. The van der Waals surface area contributed by atoms with Crippen LogP contribution in [0.1, 0.15) is 38.3 Å². The number of halogens is 1. The number of aliphatic imine (C=N–C) groups is 1. The normalized spacial score (nSPS) is 16.0. The summed E-state index contributed by atoms with van der Waals surface area (Å²) in [5, 5.41) is 6.44. The number of hydrogen-bond acceptors (Lipinski definition) is 5. The average molecular weight is 554 g/mol. The van der Waals surface area contributed by atoms with Gasteiger partial charge in [0.2, 0.25) is 10.0 Å². The van der Waals surface area contributed by atoms with Gasteiger partial charge in [0.15, 0.2) is 5.96 Å². The maximum absolute atomic E-state index is 11.5. The van der Waals surface area contributed by atoms with Gasteiger partial charge in [-0.15, -0.1) is 24.0 Å². The van der Waals surface area contributed by atoms with Crippen LogP contribution in [0.5, 0.6) is 5.75 Å². The SMILES string of the molecule is CCNC(=NCC(c1ccc(OC)cc1)N1CCCC1)NCCNS(=O)(=O)CC.I. The van der Waals surface area contributed by atoms with E-state index in [4.69, 9.17) is 9.73 Å². The zero-order valence-electron chi connectivity index (χ0n) is 18.2. The first-order valence-corrected chi connectivity index (χ1v) is 12.0. The van der Waals surface area contributed by atoms with Crippen molar-refractivity contribution >= 4 is 40.0 Å². The Morgan fingerprint density at radius 3 is 2.37 bits per heavy atom. The van der Waals surface area contributed by atoms with Crippen molar-refractivity contribution in [2.24, 2.45) is 4.99 Å². The number of ether oxygens (including phenoxy) is 1. The lowest BCUT2D eigenvalue weighted by atomic mass is 10.1. The van der Waals surface area contributed by atoms with Crippen molar-refractivity contribution in [3.05, 3.63) is 29.8 Å². The molecular formula is C20H36IN5O3S. The monoisotopic (exact) mass is 553 g/mol. The Labute approximate surface area is 198 Å². The van der Waals surface area contributed by atoms with Gasteiger partial charge in [-0.2, -0.15) is 0 Å². The Bertz CT molecular complexity index is 737. The molecule has 0 saturated carbocycles. The quantitative estimate of drug-likeness (QED) is 0.168.